The van der Waals surface area contributed by atoms with Gasteiger partial charge in [0.2, 0.25) is 0 Å². The largest absolute Gasteiger partial charge is 1.00 e. The van der Waals surface area contributed by atoms with Crippen LogP contribution in [0.5, 0.6) is 0 Å². The summed E-state index contributed by atoms with van der Waals surface area (Å²) in [6.45, 7) is 4.42. The van der Waals surface area contributed by atoms with Gasteiger partial charge in [0.15, 0.2) is 6.10 Å². The summed E-state index contributed by atoms with van der Waals surface area (Å²) in [6.07, 6.45) is 9.80. The number of hydrogen-bond donors (Lipinski definition) is 0. The summed E-state index contributed by atoms with van der Waals surface area (Å²) in [4.78, 5) is 13.9. The molecule has 1 saturated carbocycles. The van der Waals surface area contributed by atoms with E-state index in [9.17, 15) is 4.79 Å². The quantitative estimate of drug-likeness (QED) is 0.324. The van der Waals surface area contributed by atoms with Crippen LogP contribution >= 0.6 is 0 Å². The lowest BCUT2D eigenvalue weighted by atomic mass is 9.74. The van der Waals surface area contributed by atoms with E-state index in [-0.39, 0.29) is 29.1 Å². The fourth-order valence-corrected chi connectivity index (χ4v) is 6.73. The van der Waals surface area contributed by atoms with Crippen molar-refractivity contribution < 1.29 is 31.0 Å². The summed E-state index contributed by atoms with van der Waals surface area (Å²) >= 11 is 0. The number of halogens is 1. The molecule has 0 radical (unpaired) electrons. The Morgan fingerprint density at radius 3 is 2.26 bits per heavy atom. The molecule has 35 heavy (non-hydrogen) atoms. The summed E-state index contributed by atoms with van der Waals surface area (Å²) in [7, 11) is 0. The van der Waals surface area contributed by atoms with Crippen LogP contribution in [0, 0.1) is 17.2 Å². The van der Waals surface area contributed by atoms with Gasteiger partial charge in [0.25, 0.3) is 0 Å². The maximum atomic E-state index is 13.9. The third kappa shape index (κ3) is 5.49. The molecule has 4 nitrogen and oxygen atoms in total. The van der Waals surface area contributed by atoms with Crippen LogP contribution in [0.25, 0.3) is 0 Å². The number of esters is 1. The number of hydrogen-bond acceptors (Lipinski definition) is 3. The average Bonchev–Trinajstić information content (AvgIpc) is 3.16. The number of nitrogens with zero attached hydrogens (tertiary/aromatic N) is 2. The predicted molar refractivity (Wildman–Crippen MR) is 133 cm³/mol. The van der Waals surface area contributed by atoms with E-state index in [1.165, 1.54) is 31.5 Å². The summed E-state index contributed by atoms with van der Waals surface area (Å²) in [6, 6.07) is 20.6. The molecule has 3 heterocycles. The van der Waals surface area contributed by atoms with E-state index in [1.54, 1.807) is 0 Å². The second-order valence-electron chi connectivity index (χ2n) is 10.9. The molecule has 6 rings (SSSR count). The Morgan fingerprint density at radius 1 is 0.971 bits per heavy atom. The Bertz CT molecular complexity index is 1010. The first-order valence-corrected chi connectivity index (χ1v) is 13.2. The standard InChI is InChI=1S/C30H37N2O2.BrH/c31-22-25-12-10-24(11-13-25)14-19-32-20-15-26(16-21-32)28(23-32)34-29(33)30(17-6-1-2-7-18-30)27-8-4-3-5-9-27;/h3-5,8-13,26,28H,1-2,6-7,14-21,23H2;1H/q+1;/p-1/t26?,28-,32?;/m0./s1. The van der Waals surface area contributed by atoms with Gasteiger partial charge in [-0.2, -0.15) is 5.26 Å². The van der Waals surface area contributed by atoms with Gasteiger partial charge in [-0.3, -0.25) is 4.79 Å². The molecule has 2 aromatic carbocycles. The number of fused-ring (bicyclic) bond motifs is 3. The van der Waals surface area contributed by atoms with E-state index in [1.807, 2.05) is 18.2 Å². The van der Waals surface area contributed by atoms with Crippen molar-refractivity contribution in [3.05, 3.63) is 71.3 Å². The van der Waals surface area contributed by atoms with Crippen molar-refractivity contribution in [2.45, 2.75) is 69.3 Å². The molecule has 1 atom stereocenters. The molecule has 1 aliphatic carbocycles. The summed E-state index contributed by atoms with van der Waals surface area (Å²) in [5.74, 6) is 0.544. The summed E-state index contributed by atoms with van der Waals surface area (Å²) < 4.78 is 7.56. The van der Waals surface area contributed by atoms with Crippen LogP contribution in [0.1, 0.15) is 68.1 Å². The minimum atomic E-state index is -0.475. The predicted octanol–water partition coefficient (Wildman–Crippen LogP) is 2.55. The molecular formula is C30H37BrN2O2. The Morgan fingerprint density at radius 2 is 1.63 bits per heavy atom. The van der Waals surface area contributed by atoms with Crippen LogP contribution in [0.3, 0.4) is 0 Å². The molecule has 3 saturated heterocycles. The third-order valence-corrected chi connectivity index (χ3v) is 8.93. The topological polar surface area (TPSA) is 50.1 Å². The van der Waals surface area contributed by atoms with E-state index < -0.39 is 5.41 Å². The molecule has 0 N–H and O–H groups in total. The highest BCUT2D eigenvalue weighted by Gasteiger charge is 2.50. The van der Waals surface area contributed by atoms with E-state index >= 15 is 0 Å². The van der Waals surface area contributed by atoms with Gasteiger partial charge in [0.1, 0.15) is 6.54 Å². The van der Waals surface area contributed by atoms with Crippen molar-refractivity contribution in [3.8, 4) is 6.07 Å². The minimum Gasteiger partial charge on any atom is -1.00 e. The van der Waals surface area contributed by atoms with Crippen molar-refractivity contribution in [3.63, 3.8) is 0 Å². The van der Waals surface area contributed by atoms with Gasteiger partial charge < -0.3 is 26.2 Å². The zero-order chi connectivity index (χ0) is 23.4. The highest BCUT2D eigenvalue weighted by molar-refractivity contribution is 5.83. The number of benzene rings is 2. The second kappa shape index (κ2) is 11.3. The Kier molecular flexibility index (Phi) is 8.34. The summed E-state index contributed by atoms with van der Waals surface area (Å²) in [5, 5.41) is 9.05. The molecule has 2 aromatic rings. The molecule has 186 valence electrons. The maximum Gasteiger partial charge on any atom is 0.317 e. The third-order valence-electron chi connectivity index (χ3n) is 8.93. The summed E-state index contributed by atoms with van der Waals surface area (Å²) in [5.41, 5.74) is 2.67. The fraction of sp³-hybridized carbons (Fsp3) is 0.533. The number of carbonyl (C=O) groups excluding carboxylic acids is 1. The van der Waals surface area contributed by atoms with Gasteiger partial charge >= 0.3 is 5.97 Å². The van der Waals surface area contributed by atoms with Gasteiger partial charge in [-0.15, -0.1) is 0 Å². The number of piperidine rings is 3. The highest BCUT2D eigenvalue weighted by atomic mass is 79.9. The van der Waals surface area contributed by atoms with Gasteiger partial charge in [0, 0.05) is 25.2 Å². The molecule has 2 bridgehead atoms. The zero-order valence-corrected chi connectivity index (χ0v) is 22.2. The van der Waals surface area contributed by atoms with Crippen LogP contribution in [0.4, 0.5) is 0 Å². The second-order valence-corrected chi connectivity index (χ2v) is 10.9. The zero-order valence-electron chi connectivity index (χ0n) is 20.6. The Labute approximate surface area is 220 Å². The molecule has 0 amide bonds. The van der Waals surface area contributed by atoms with Crippen molar-refractivity contribution in [1.29, 1.82) is 5.26 Å². The lowest BCUT2D eigenvalue weighted by Gasteiger charge is -2.52. The van der Waals surface area contributed by atoms with Crippen molar-refractivity contribution in [2.75, 3.05) is 26.2 Å². The molecular weight excluding hydrogens is 500 g/mol. The lowest BCUT2D eigenvalue weighted by molar-refractivity contribution is -0.946. The Balaban J connectivity index is 0.00000289. The van der Waals surface area contributed by atoms with E-state index in [0.717, 1.165) is 68.1 Å². The number of carbonyl (C=O) groups is 1. The molecule has 0 unspecified atom stereocenters. The molecule has 5 heteroatoms. The van der Waals surface area contributed by atoms with Crippen LogP contribution in [-0.4, -0.2) is 42.7 Å². The van der Waals surface area contributed by atoms with E-state index in [2.05, 4.69) is 42.5 Å². The first-order valence-electron chi connectivity index (χ1n) is 13.2. The van der Waals surface area contributed by atoms with Gasteiger partial charge in [-0.05, 0) is 36.1 Å². The average molecular weight is 538 g/mol. The van der Waals surface area contributed by atoms with Crippen molar-refractivity contribution >= 4 is 5.97 Å². The molecule has 4 aliphatic rings. The minimum absolute atomic E-state index is 0. The molecule has 4 fully saturated rings. The Hall–Kier alpha value is -2.16. The number of nitriles is 1. The van der Waals surface area contributed by atoms with Crippen LogP contribution < -0.4 is 17.0 Å². The number of quaternary nitrogens is 1. The van der Waals surface area contributed by atoms with Crippen molar-refractivity contribution in [1.82, 2.24) is 0 Å². The van der Waals surface area contributed by atoms with Crippen LogP contribution in [-0.2, 0) is 21.4 Å². The van der Waals surface area contributed by atoms with E-state index in [0.29, 0.717) is 11.5 Å². The first-order chi connectivity index (χ1) is 16.6. The fourth-order valence-electron chi connectivity index (χ4n) is 6.73. The smallest absolute Gasteiger partial charge is 0.317 e. The molecule has 3 aliphatic heterocycles. The lowest BCUT2D eigenvalue weighted by Crippen LogP contribution is -3.00. The SMILES string of the molecule is N#Cc1ccc(CC[N+]23CCC(CC2)[C@@H](OC(=O)C2(c4ccccc4)CCCCCC2)C3)cc1.[Br-]. The van der Waals surface area contributed by atoms with Gasteiger partial charge in [0.05, 0.1) is 36.7 Å². The monoisotopic (exact) mass is 536 g/mol. The highest BCUT2D eigenvalue weighted by Crippen LogP contribution is 2.42. The normalized spacial score (nSPS) is 27.2. The van der Waals surface area contributed by atoms with Gasteiger partial charge in [-0.1, -0.05) is 68.1 Å². The number of ether oxygens (including phenoxy) is 1. The number of rotatable bonds is 6. The van der Waals surface area contributed by atoms with Crippen molar-refractivity contribution in [2.24, 2.45) is 5.92 Å². The molecule has 0 spiro atoms. The maximum absolute atomic E-state index is 13.9. The van der Waals surface area contributed by atoms with Crippen LogP contribution in [0.2, 0.25) is 0 Å². The van der Waals surface area contributed by atoms with Crippen LogP contribution in [0.15, 0.2) is 54.6 Å². The van der Waals surface area contributed by atoms with E-state index in [4.69, 9.17) is 10.00 Å². The first kappa shape index (κ1) is 25.9. The van der Waals surface area contributed by atoms with Gasteiger partial charge in [-0.25, -0.2) is 0 Å². The molecule has 0 aromatic heterocycles.